The Hall–Kier alpha value is -1.63. The summed E-state index contributed by atoms with van der Waals surface area (Å²) < 4.78 is 11.2. The van der Waals surface area contributed by atoms with Gasteiger partial charge in [0.2, 0.25) is 5.91 Å². The number of ether oxygens (including phenoxy) is 2. The van der Waals surface area contributed by atoms with Crippen molar-refractivity contribution in [2.24, 2.45) is 0 Å². The summed E-state index contributed by atoms with van der Waals surface area (Å²) in [7, 11) is 0. The summed E-state index contributed by atoms with van der Waals surface area (Å²) in [6.07, 6.45) is 0.784. The average molecular weight is 333 g/mol. The van der Waals surface area contributed by atoms with E-state index in [2.05, 4.69) is 35.4 Å². The molecule has 2 saturated heterocycles. The maximum Gasteiger partial charge on any atom is 0.226 e. The van der Waals surface area contributed by atoms with Gasteiger partial charge in [0.1, 0.15) is 0 Å². The van der Waals surface area contributed by atoms with E-state index in [1.54, 1.807) is 0 Å². The van der Waals surface area contributed by atoms with Gasteiger partial charge in [-0.2, -0.15) is 0 Å². The summed E-state index contributed by atoms with van der Waals surface area (Å²) >= 11 is 0. The molecule has 3 unspecified atom stereocenters. The molecular formula is C18H27N3O3. The van der Waals surface area contributed by atoms with Gasteiger partial charge in [-0.3, -0.25) is 4.79 Å². The van der Waals surface area contributed by atoms with Crippen molar-refractivity contribution < 1.29 is 14.3 Å². The number of hydrogen-bond donors (Lipinski definition) is 2. The van der Waals surface area contributed by atoms with Gasteiger partial charge in [0, 0.05) is 32.1 Å². The fourth-order valence-corrected chi connectivity index (χ4v) is 3.41. The molecule has 0 aliphatic carbocycles. The summed E-state index contributed by atoms with van der Waals surface area (Å²) in [5.41, 5.74) is 1.92. The van der Waals surface area contributed by atoms with Gasteiger partial charge in [-0.05, 0) is 26.0 Å². The number of nitrogens with zero attached hydrogens (tertiary/aromatic N) is 1. The SMILES string of the molecule is CC1CN(c2ccccc2NC(=O)CC2COCCN2)CC(C)O1. The van der Waals surface area contributed by atoms with Crippen LogP contribution in [0, 0.1) is 0 Å². The highest BCUT2D eigenvalue weighted by Crippen LogP contribution is 2.28. The van der Waals surface area contributed by atoms with Crippen LogP contribution in [0.4, 0.5) is 11.4 Å². The van der Waals surface area contributed by atoms with E-state index in [4.69, 9.17) is 9.47 Å². The first-order valence-electron chi connectivity index (χ1n) is 8.72. The molecule has 3 rings (SSSR count). The molecule has 2 fully saturated rings. The summed E-state index contributed by atoms with van der Waals surface area (Å²) in [6.45, 7) is 7.93. The van der Waals surface area contributed by atoms with E-state index in [1.807, 2.05) is 18.2 Å². The number of hydrogen-bond acceptors (Lipinski definition) is 5. The molecule has 1 aromatic rings. The number of para-hydroxylation sites is 2. The quantitative estimate of drug-likeness (QED) is 0.877. The maximum atomic E-state index is 12.4. The van der Waals surface area contributed by atoms with Crippen LogP contribution in [0.25, 0.3) is 0 Å². The smallest absolute Gasteiger partial charge is 0.226 e. The third kappa shape index (κ3) is 4.47. The standard InChI is InChI=1S/C18H27N3O3/c1-13-10-21(11-14(2)24-13)17-6-4-3-5-16(17)20-18(22)9-15-12-23-8-7-19-15/h3-6,13-15,19H,7-12H2,1-2H3,(H,20,22). The molecule has 24 heavy (non-hydrogen) atoms. The monoisotopic (exact) mass is 333 g/mol. The average Bonchev–Trinajstić information content (AvgIpc) is 2.55. The van der Waals surface area contributed by atoms with Crippen LogP contribution in [0.15, 0.2) is 24.3 Å². The Morgan fingerprint density at radius 2 is 2.04 bits per heavy atom. The molecule has 0 spiro atoms. The number of amides is 1. The zero-order valence-corrected chi connectivity index (χ0v) is 14.5. The van der Waals surface area contributed by atoms with Gasteiger partial charge in [-0.25, -0.2) is 0 Å². The number of nitrogens with one attached hydrogen (secondary N) is 2. The molecule has 0 saturated carbocycles. The highest BCUT2D eigenvalue weighted by atomic mass is 16.5. The Kier molecular flexibility index (Phi) is 5.71. The molecular weight excluding hydrogens is 306 g/mol. The van der Waals surface area contributed by atoms with Crippen LogP contribution in [0.1, 0.15) is 20.3 Å². The lowest BCUT2D eigenvalue weighted by Gasteiger charge is -2.37. The fourth-order valence-electron chi connectivity index (χ4n) is 3.41. The second-order valence-electron chi connectivity index (χ2n) is 6.66. The van der Waals surface area contributed by atoms with Crippen LogP contribution >= 0.6 is 0 Å². The Bertz CT molecular complexity index is 550. The van der Waals surface area contributed by atoms with Gasteiger partial charge in [-0.1, -0.05) is 12.1 Å². The Morgan fingerprint density at radius 3 is 2.75 bits per heavy atom. The molecule has 6 nitrogen and oxygen atoms in total. The highest BCUT2D eigenvalue weighted by Gasteiger charge is 2.24. The van der Waals surface area contributed by atoms with E-state index in [-0.39, 0.29) is 24.2 Å². The first-order chi connectivity index (χ1) is 11.6. The highest BCUT2D eigenvalue weighted by molar-refractivity contribution is 5.94. The second-order valence-corrected chi connectivity index (χ2v) is 6.66. The molecule has 3 atom stereocenters. The van der Waals surface area contributed by atoms with Crippen molar-refractivity contribution in [2.75, 3.05) is 43.1 Å². The van der Waals surface area contributed by atoms with Crippen LogP contribution in [-0.2, 0) is 14.3 Å². The van der Waals surface area contributed by atoms with Gasteiger partial charge in [0.05, 0.1) is 36.8 Å². The predicted molar refractivity (Wildman–Crippen MR) is 94.5 cm³/mol. The lowest BCUT2D eigenvalue weighted by atomic mass is 10.1. The molecule has 0 bridgehead atoms. The van der Waals surface area contributed by atoms with Crippen LogP contribution in [-0.4, -0.2) is 57.0 Å². The molecule has 1 amide bonds. The van der Waals surface area contributed by atoms with Crippen molar-refractivity contribution in [1.29, 1.82) is 0 Å². The number of anilines is 2. The van der Waals surface area contributed by atoms with Crippen molar-refractivity contribution >= 4 is 17.3 Å². The van der Waals surface area contributed by atoms with E-state index in [0.717, 1.165) is 31.0 Å². The van der Waals surface area contributed by atoms with Crippen molar-refractivity contribution in [2.45, 2.75) is 38.5 Å². The Labute approximate surface area is 143 Å². The lowest BCUT2D eigenvalue weighted by molar-refractivity contribution is -0.117. The molecule has 0 radical (unpaired) electrons. The van der Waals surface area contributed by atoms with Gasteiger partial charge in [-0.15, -0.1) is 0 Å². The minimum absolute atomic E-state index is 0.0137. The molecule has 1 aromatic carbocycles. The first-order valence-corrected chi connectivity index (χ1v) is 8.72. The molecule has 2 N–H and O–H groups in total. The topological polar surface area (TPSA) is 62.8 Å². The van der Waals surface area contributed by atoms with E-state index in [0.29, 0.717) is 19.6 Å². The van der Waals surface area contributed by atoms with E-state index >= 15 is 0 Å². The molecule has 2 heterocycles. The molecule has 132 valence electrons. The molecule has 2 aliphatic heterocycles. The fraction of sp³-hybridized carbons (Fsp3) is 0.611. The van der Waals surface area contributed by atoms with E-state index in [1.165, 1.54) is 0 Å². The van der Waals surface area contributed by atoms with Crippen LogP contribution in [0.2, 0.25) is 0 Å². The van der Waals surface area contributed by atoms with Gasteiger partial charge in [0.25, 0.3) is 0 Å². The first kappa shape index (κ1) is 17.2. The van der Waals surface area contributed by atoms with E-state index in [9.17, 15) is 4.79 Å². The van der Waals surface area contributed by atoms with Crippen LogP contribution in [0.5, 0.6) is 0 Å². The number of carbonyl (C=O) groups excluding carboxylic acids is 1. The van der Waals surface area contributed by atoms with Gasteiger partial charge < -0.3 is 25.0 Å². The minimum Gasteiger partial charge on any atom is -0.378 e. The number of rotatable bonds is 4. The minimum atomic E-state index is 0.0137. The molecule has 0 aromatic heterocycles. The molecule has 6 heteroatoms. The second kappa shape index (κ2) is 7.96. The zero-order chi connectivity index (χ0) is 16.9. The summed E-state index contributed by atoms with van der Waals surface area (Å²) in [6, 6.07) is 8.07. The van der Waals surface area contributed by atoms with Gasteiger partial charge >= 0.3 is 0 Å². The number of morpholine rings is 2. The number of benzene rings is 1. The largest absolute Gasteiger partial charge is 0.378 e. The maximum absolute atomic E-state index is 12.4. The molecule has 2 aliphatic rings. The Morgan fingerprint density at radius 1 is 1.29 bits per heavy atom. The summed E-state index contributed by atoms with van der Waals surface area (Å²) in [5.74, 6) is 0.0137. The van der Waals surface area contributed by atoms with E-state index < -0.39 is 0 Å². The lowest BCUT2D eigenvalue weighted by Crippen LogP contribution is -2.46. The summed E-state index contributed by atoms with van der Waals surface area (Å²) in [4.78, 5) is 14.7. The predicted octanol–water partition coefficient (Wildman–Crippen LogP) is 1.62. The summed E-state index contributed by atoms with van der Waals surface area (Å²) in [5, 5.41) is 6.38. The van der Waals surface area contributed by atoms with Crippen molar-refractivity contribution in [3.63, 3.8) is 0 Å². The van der Waals surface area contributed by atoms with Crippen molar-refractivity contribution in [1.82, 2.24) is 5.32 Å². The Balaban J connectivity index is 1.66. The van der Waals surface area contributed by atoms with Crippen molar-refractivity contribution in [3.05, 3.63) is 24.3 Å². The van der Waals surface area contributed by atoms with Crippen molar-refractivity contribution in [3.8, 4) is 0 Å². The van der Waals surface area contributed by atoms with Gasteiger partial charge in [0.15, 0.2) is 0 Å². The third-order valence-corrected chi connectivity index (χ3v) is 4.37. The normalized spacial score (nSPS) is 27.8. The van der Waals surface area contributed by atoms with Crippen LogP contribution in [0.3, 0.4) is 0 Å². The third-order valence-electron chi connectivity index (χ3n) is 4.37. The van der Waals surface area contributed by atoms with Crippen LogP contribution < -0.4 is 15.5 Å². The zero-order valence-electron chi connectivity index (χ0n) is 14.5. The number of carbonyl (C=O) groups is 1.